The van der Waals surface area contributed by atoms with E-state index < -0.39 is 0 Å². The van der Waals surface area contributed by atoms with Crippen LogP contribution in [0.25, 0.3) is 16.6 Å². The number of amides is 1. The van der Waals surface area contributed by atoms with Crippen molar-refractivity contribution in [3.8, 4) is 0 Å². The van der Waals surface area contributed by atoms with Crippen molar-refractivity contribution in [3.63, 3.8) is 0 Å². The Kier molecular flexibility index (Phi) is 2.47. The number of hydrogen-bond acceptors (Lipinski definition) is 5. The number of hydrogen-bond donors (Lipinski definition) is 1. The Bertz CT molecular complexity index is 897. The van der Waals surface area contributed by atoms with Gasteiger partial charge in [0, 0.05) is 17.7 Å². The van der Waals surface area contributed by atoms with Gasteiger partial charge in [0.15, 0.2) is 5.65 Å². The molecule has 2 aromatic heterocycles. The van der Waals surface area contributed by atoms with Gasteiger partial charge in [0.2, 0.25) is 5.91 Å². The topological polar surface area (TPSA) is 84.5 Å². The third kappa shape index (κ3) is 1.85. The standard InChI is InChI=1S/C14H12N6O/c1-8-6-13(21)16-17-14(8)10-2-4-11-9(7-10)3-5-12-15-18-19-20(11)12/h2-5,7-8H,6H2,1H3,(H,16,21). The molecule has 0 aliphatic carbocycles. The third-order valence-corrected chi connectivity index (χ3v) is 3.72. The number of pyridine rings is 1. The van der Waals surface area contributed by atoms with Gasteiger partial charge in [0.05, 0.1) is 11.2 Å². The van der Waals surface area contributed by atoms with Crippen LogP contribution in [0.1, 0.15) is 18.9 Å². The lowest BCUT2D eigenvalue weighted by atomic mass is 9.93. The number of aromatic nitrogens is 4. The predicted molar refractivity (Wildman–Crippen MR) is 76.7 cm³/mol. The molecule has 1 N–H and O–H groups in total. The van der Waals surface area contributed by atoms with E-state index in [-0.39, 0.29) is 11.8 Å². The van der Waals surface area contributed by atoms with Crippen LogP contribution in [0.5, 0.6) is 0 Å². The molecule has 3 heterocycles. The van der Waals surface area contributed by atoms with Crippen molar-refractivity contribution in [1.82, 2.24) is 25.5 Å². The zero-order valence-corrected chi connectivity index (χ0v) is 11.3. The van der Waals surface area contributed by atoms with Crippen molar-refractivity contribution in [2.24, 2.45) is 11.0 Å². The number of nitrogens with zero attached hydrogens (tertiary/aromatic N) is 5. The van der Waals surface area contributed by atoms with Crippen LogP contribution >= 0.6 is 0 Å². The van der Waals surface area contributed by atoms with Gasteiger partial charge in [0.1, 0.15) is 0 Å². The van der Waals surface area contributed by atoms with Gasteiger partial charge in [0.25, 0.3) is 0 Å². The summed E-state index contributed by atoms with van der Waals surface area (Å²) in [5.74, 6) is 0.0652. The molecule has 1 aliphatic rings. The van der Waals surface area contributed by atoms with Gasteiger partial charge >= 0.3 is 0 Å². The summed E-state index contributed by atoms with van der Waals surface area (Å²) in [6.45, 7) is 2.01. The highest BCUT2D eigenvalue weighted by atomic mass is 16.2. The van der Waals surface area contributed by atoms with E-state index in [1.807, 2.05) is 37.3 Å². The number of carbonyl (C=O) groups is 1. The molecule has 0 fully saturated rings. The zero-order valence-electron chi connectivity index (χ0n) is 11.3. The van der Waals surface area contributed by atoms with Crippen molar-refractivity contribution in [3.05, 3.63) is 35.9 Å². The largest absolute Gasteiger partial charge is 0.273 e. The van der Waals surface area contributed by atoms with Gasteiger partial charge in [-0.25, -0.2) is 5.43 Å². The maximum absolute atomic E-state index is 11.3. The quantitative estimate of drug-likeness (QED) is 0.724. The number of benzene rings is 1. The third-order valence-electron chi connectivity index (χ3n) is 3.72. The molecular formula is C14H12N6O. The SMILES string of the molecule is CC1CC(=O)NN=C1c1ccc2c(ccc3nnnn32)c1. The van der Waals surface area contributed by atoms with Crippen LogP contribution in [0.3, 0.4) is 0 Å². The molecule has 0 saturated carbocycles. The van der Waals surface area contributed by atoms with E-state index >= 15 is 0 Å². The van der Waals surface area contributed by atoms with Crippen molar-refractivity contribution in [2.75, 3.05) is 0 Å². The average Bonchev–Trinajstić information content (AvgIpc) is 2.95. The van der Waals surface area contributed by atoms with E-state index in [4.69, 9.17) is 0 Å². The number of tetrazole rings is 1. The van der Waals surface area contributed by atoms with Gasteiger partial charge in [-0.15, -0.1) is 5.10 Å². The summed E-state index contributed by atoms with van der Waals surface area (Å²) in [5.41, 5.74) is 6.10. The molecule has 21 heavy (non-hydrogen) atoms. The molecule has 1 aromatic carbocycles. The Hall–Kier alpha value is -2.83. The van der Waals surface area contributed by atoms with Crippen molar-refractivity contribution in [1.29, 1.82) is 0 Å². The second-order valence-electron chi connectivity index (χ2n) is 5.19. The van der Waals surface area contributed by atoms with Gasteiger partial charge in [-0.3, -0.25) is 4.79 Å². The van der Waals surface area contributed by atoms with Gasteiger partial charge in [-0.2, -0.15) is 9.62 Å². The van der Waals surface area contributed by atoms with Crippen molar-refractivity contribution in [2.45, 2.75) is 13.3 Å². The molecular weight excluding hydrogens is 268 g/mol. The first-order valence-corrected chi connectivity index (χ1v) is 6.70. The molecule has 0 radical (unpaired) electrons. The highest BCUT2D eigenvalue weighted by Crippen LogP contribution is 2.21. The summed E-state index contributed by atoms with van der Waals surface area (Å²) < 4.78 is 1.70. The summed E-state index contributed by atoms with van der Waals surface area (Å²) in [4.78, 5) is 11.3. The van der Waals surface area contributed by atoms with E-state index in [0.29, 0.717) is 12.1 Å². The Balaban J connectivity index is 1.87. The lowest BCUT2D eigenvalue weighted by molar-refractivity contribution is -0.121. The van der Waals surface area contributed by atoms with E-state index in [0.717, 1.165) is 22.2 Å². The Morgan fingerprint density at radius 3 is 3.05 bits per heavy atom. The highest BCUT2D eigenvalue weighted by Gasteiger charge is 2.21. The highest BCUT2D eigenvalue weighted by molar-refractivity contribution is 6.07. The molecule has 7 heteroatoms. The number of nitrogens with one attached hydrogen (secondary N) is 1. The van der Waals surface area contributed by atoms with Crippen molar-refractivity contribution >= 4 is 28.2 Å². The lowest BCUT2D eigenvalue weighted by Gasteiger charge is -2.19. The van der Waals surface area contributed by atoms with Crippen LogP contribution in [0, 0.1) is 5.92 Å². The minimum absolute atomic E-state index is 0.0394. The van der Waals surface area contributed by atoms with E-state index in [2.05, 4.69) is 26.1 Å². The molecule has 104 valence electrons. The van der Waals surface area contributed by atoms with E-state index in [1.165, 1.54) is 0 Å². The minimum Gasteiger partial charge on any atom is -0.273 e. The fourth-order valence-corrected chi connectivity index (χ4v) is 2.68. The molecule has 0 spiro atoms. The molecule has 1 aliphatic heterocycles. The first-order valence-electron chi connectivity index (χ1n) is 6.70. The maximum atomic E-state index is 11.3. The summed E-state index contributed by atoms with van der Waals surface area (Å²) in [5, 5.41) is 16.8. The van der Waals surface area contributed by atoms with E-state index in [1.54, 1.807) is 4.52 Å². The molecule has 1 amide bonds. The Labute approximate surface area is 119 Å². The predicted octanol–water partition coefficient (Wildman–Crippen LogP) is 1.14. The molecule has 0 bridgehead atoms. The summed E-state index contributed by atoms with van der Waals surface area (Å²) in [7, 11) is 0. The minimum atomic E-state index is -0.0394. The number of fused-ring (bicyclic) bond motifs is 3. The van der Waals surface area contributed by atoms with Crippen LogP contribution < -0.4 is 5.43 Å². The maximum Gasteiger partial charge on any atom is 0.240 e. The van der Waals surface area contributed by atoms with Crippen LogP contribution in [-0.4, -0.2) is 31.7 Å². The first kappa shape index (κ1) is 12.0. The molecule has 3 aromatic rings. The van der Waals surface area contributed by atoms with Crippen LogP contribution in [-0.2, 0) is 4.79 Å². The molecule has 4 rings (SSSR count). The number of hydrazone groups is 1. The molecule has 1 atom stereocenters. The zero-order chi connectivity index (χ0) is 14.4. The second-order valence-corrected chi connectivity index (χ2v) is 5.19. The smallest absolute Gasteiger partial charge is 0.240 e. The van der Waals surface area contributed by atoms with Crippen LogP contribution in [0.15, 0.2) is 35.4 Å². The first-order chi connectivity index (χ1) is 10.2. The number of carbonyl (C=O) groups excluding carboxylic acids is 1. The Morgan fingerprint density at radius 2 is 2.19 bits per heavy atom. The summed E-state index contributed by atoms with van der Waals surface area (Å²) in [6, 6.07) is 9.86. The summed E-state index contributed by atoms with van der Waals surface area (Å²) >= 11 is 0. The molecule has 1 unspecified atom stereocenters. The molecule has 7 nitrogen and oxygen atoms in total. The van der Waals surface area contributed by atoms with Gasteiger partial charge in [-0.05, 0) is 40.3 Å². The molecule has 0 saturated heterocycles. The fraction of sp³-hybridized carbons (Fsp3) is 0.214. The van der Waals surface area contributed by atoms with Gasteiger partial charge in [-0.1, -0.05) is 13.0 Å². The van der Waals surface area contributed by atoms with Crippen LogP contribution in [0.2, 0.25) is 0 Å². The number of rotatable bonds is 1. The normalized spacial score (nSPS) is 18.8. The van der Waals surface area contributed by atoms with Crippen LogP contribution in [0.4, 0.5) is 0 Å². The van der Waals surface area contributed by atoms with Gasteiger partial charge < -0.3 is 0 Å². The Morgan fingerprint density at radius 1 is 1.29 bits per heavy atom. The average molecular weight is 280 g/mol. The second kappa shape index (κ2) is 4.34. The van der Waals surface area contributed by atoms with Crippen molar-refractivity contribution < 1.29 is 4.79 Å². The van der Waals surface area contributed by atoms with E-state index in [9.17, 15) is 4.79 Å². The lowest BCUT2D eigenvalue weighted by Crippen LogP contribution is -2.31. The summed E-state index contributed by atoms with van der Waals surface area (Å²) in [6.07, 6.45) is 0.461. The fourth-order valence-electron chi connectivity index (χ4n) is 2.68. The monoisotopic (exact) mass is 280 g/mol.